The minimum Gasteiger partial charge on any atom is -0.486 e. The van der Waals surface area contributed by atoms with Gasteiger partial charge in [-0.15, -0.1) is 0 Å². The SMILES string of the molecule is CCc1ccccc1NC(=S)N(CCc1ccccc1C)Cc1cc2cc3c(cc2[nH]c1=O)OCCO3. The van der Waals surface area contributed by atoms with Gasteiger partial charge in [0.25, 0.3) is 5.56 Å². The van der Waals surface area contributed by atoms with Crippen LogP contribution in [0.1, 0.15) is 29.2 Å². The van der Waals surface area contributed by atoms with Crippen LogP contribution in [0.4, 0.5) is 5.69 Å². The molecule has 2 N–H and O–H groups in total. The van der Waals surface area contributed by atoms with Crippen LogP contribution in [0.3, 0.4) is 0 Å². The Balaban J connectivity index is 1.44. The largest absolute Gasteiger partial charge is 0.486 e. The summed E-state index contributed by atoms with van der Waals surface area (Å²) in [5.41, 5.74) is 5.92. The highest BCUT2D eigenvalue weighted by atomic mass is 32.1. The molecule has 1 aliphatic heterocycles. The highest BCUT2D eigenvalue weighted by molar-refractivity contribution is 7.80. The van der Waals surface area contributed by atoms with Crippen LogP contribution in [0.2, 0.25) is 0 Å². The molecule has 0 aliphatic carbocycles. The normalized spacial score (nSPS) is 12.4. The molecule has 0 radical (unpaired) electrons. The maximum Gasteiger partial charge on any atom is 0.253 e. The van der Waals surface area contributed by atoms with Crippen molar-refractivity contribution >= 4 is 33.9 Å². The van der Waals surface area contributed by atoms with Crippen LogP contribution >= 0.6 is 12.2 Å². The summed E-state index contributed by atoms with van der Waals surface area (Å²) in [5, 5.41) is 4.93. The van der Waals surface area contributed by atoms with Crippen LogP contribution in [-0.2, 0) is 19.4 Å². The average molecular weight is 514 g/mol. The number of para-hydroxylation sites is 1. The average Bonchev–Trinajstić information content (AvgIpc) is 2.91. The Morgan fingerprint density at radius 1 is 0.973 bits per heavy atom. The number of fused-ring (bicyclic) bond motifs is 2. The van der Waals surface area contributed by atoms with Gasteiger partial charge in [-0.2, -0.15) is 0 Å². The fourth-order valence-corrected chi connectivity index (χ4v) is 4.92. The lowest BCUT2D eigenvalue weighted by atomic mass is 10.1. The number of H-pyrrole nitrogens is 1. The number of hydrogen-bond donors (Lipinski definition) is 2. The number of hydrogen-bond acceptors (Lipinski definition) is 4. The second kappa shape index (κ2) is 11.0. The van der Waals surface area contributed by atoms with E-state index in [1.54, 1.807) is 0 Å². The number of aromatic nitrogens is 1. The second-order valence-corrected chi connectivity index (χ2v) is 9.63. The summed E-state index contributed by atoms with van der Waals surface area (Å²) in [4.78, 5) is 18.2. The Bertz CT molecular complexity index is 1500. The first kappa shape index (κ1) is 24.8. The molecule has 6 nitrogen and oxygen atoms in total. The topological polar surface area (TPSA) is 66.6 Å². The van der Waals surface area contributed by atoms with Gasteiger partial charge in [0, 0.05) is 29.2 Å². The van der Waals surface area contributed by atoms with Crippen molar-refractivity contribution in [1.82, 2.24) is 9.88 Å². The molecule has 37 heavy (non-hydrogen) atoms. The van der Waals surface area contributed by atoms with Crippen molar-refractivity contribution in [3.8, 4) is 11.5 Å². The van der Waals surface area contributed by atoms with Gasteiger partial charge in [0.05, 0.1) is 12.1 Å². The fourth-order valence-electron chi connectivity index (χ4n) is 4.65. The highest BCUT2D eigenvalue weighted by Gasteiger charge is 2.17. The monoisotopic (exact) mass is 513 g/mol. The first-order valence-corrected chi connectivity index (χ1v) is 13.1. The molecule has 0 amide bonds. The smallest absolute Gasteiger partial charge is 0.253 e. The standard InChI is InChI=1S/C30H31N3O3S/c1-3-21-9-6-7-11-25(21)32-30(37)33(13-12-22-10-5-4-8-20(22)2)19-24-16-23-17-27-28(36-15-14-35-27)18-26(23)31-29(24)34/h4-11,16-18H,3,12-15,19H2,1-2H3,(H,31,34)(H,32,37). The van der Waals surface area contributed by atoms with E-state index in [2.05, 4.69) is 53.3 Å². The molecule has 1 aromatic heterocycles. The molecule has 5 rings (SSSR count). The van der Waals surface area contributed by atoms with E-state index in [1.165, 1.54) is 16.7 Å². The first-order chi connectivity index (χ1) is 18.0. The van der Waals surface area contributed by atoms with Crippen molar-refractivity contribution < 1.29 is 9.47 Å². The second-order valence-electron chi connectivity index (χ2n) is 9.25. The summed E-state index contributed by atoms with van der Waals surface area (Å²) in [6, 6.07) is 22.2. The maximum absolute atomic E-state index is 13.1. The van der Waals surface area contributed by atoms with E-state index in [9.17, 15) is 4.79 Å². The molecule has 0 saturated carbocycles. The molecular weight excluding hydrogens is 482 g/mol. The molecule has 3 aromatic carbocycles. The molecule has 0 atom stereocenters. The van der Waals surface area contributed by atoms with Gasteiger partial charge in [-0.25, -0.2) is 0 Å². The summed E-state index contributed by atoms with van der Waals surface area (Å²) in [5.74, 6) is 1.35. The third-order valence-corrected chi connectivity index (χ3v) is 7.14. The molecule has 190 valence electrons. The van der Waals surface area contributed by atoms with Crippen molar-refractivity contribution in [3.05, 3.63) is 99.3 Å². The zero-order valence-electron chi connectivity index (χ0n) is 21.2. The minimum absolute atomic E-state index is 0.137. The number of aryl methyl sites for hydroxylation is 2. The van der Waals surface area contributed by atoms with Crippen LogP contribution in [0.5, 0.6) is 11.5 Å². The number of nitrogens with zero attached hydrogens (tertiary/aromatic N) is 1. The fraction of sp³-hybridized carbons (Fsp3) is 0.267. The van der Waals surface area contributed by atoms with Gasteiger partial charge in [0.2, 0.25) is 0 Å². The third kappa shape index (κ3) is 5.62. The Hall–Kier alpha value is -3.84. The third-order valence-electron chi connectivity index (χ3n) is 6.78. The predicted octanol–water partition coefficient (Wildman–Crippen LogP) is 5.61. The number of nitrogens with one attached hydrogen (secondary N) is 2. The van der Waals surface area contributed by atoms with Crippen molar-refractivity contribution in [2.45, 2.75) is 33.2 Å². The van der Waals surface area contributed by atoms with Crippen molar-refractivity contribution in [2.24, 2.45) is 0 Å². The van der Waals surface area contributed by atoms with Gasteiger partial charge in [-0.05, 0) is 66.9 Å². The van der Waals surface area contributed by atoms with Gasteiger partial charge in [0.15, 0.2) is 16.6 Å². The van der Waals surface area contributed by atoms with Crippen molar-refractivity contribution in [2.75, 3.05) is 25.1 Å². The minimum atomic E-state index is -0.137. The van der Waals surface area contributed by atoms with Crippen molar-refractivity contribution in [1.29, 1.82) is 0 Å². The molecule has 1 aliphatic rings. The molecule has 7 heteroatoms. The van der Waals surface area contributed by atoms with E-state index in [0.29, 0.717) is 48.5 Å². The Morgan fingerprint density at radius 3 is 2.43 bits per heavy atom. The van der Waals surface area contributed by atoms with Crippen molar-refractivity contribution in [3.63, 3.8) is 0 Å². The summed E-state index contributed by atoms with van der Waals surface area (Å²) in [7, 11) is 0. The van der Waals surface area contributed by atoms with Crippen LogP contribution in [0.15, 0.2) is 71.5 Å². The number of ether oxygens (including phenoxy) is 2. The summed E-state index contributed by atoms with van der Waals surface area (Å²) in [6.07, 6.45) is 1.71. The Kier molecular flexibility index (Phi) is 7.42. The summed E-state index contributed by atoms with van der Waals surface area (Å²) >= 11 is 5.90. The lowest BCUT2D eigenvalue weighted by Crippen LogP contribution is -2.37. The molecule has 4 aromatic rings. The van der Waals surface area contributed by atoms with E-state index in [4.69, 9.17) is 21.7 Å². The number of anilines is 1. The summed E-state index contributed by atoms with van der Waals surface area (Å²) in [6.45, 7) is 6.31. The molecule has 2 heterocycles. The first-order valence-electron chi connectivity index (χ1n) is 12.7. The van der Waals surface area contributed by atoms with Crippen LogP contribution in [-0.4, -0.2) is 34.8 Å². The predicted molar refractivity (Wildman–Crippen MR) is 153 cm³/mol. The Morgan fingerprint density at radius 2 is 1.68 bits per heavy atom. The molecular formula is C30H31N3O3S. The van der Waals surface area contributed by atoms with E-state index >= 15 is 0 Å². The number of aromatic amines is 1. The van der Waals surface area contributed by atoms with Crippen LogP contribution in [0, 0.1) is 6.92 Å². The number of thiocarbonyl (C=S) groups is 1. The van der Waals surface area contributed by atoms with E-state index in [1.807, 2.05) is 42.5 Å². The van der Waals surface area contributed by atoms with E-state index in [0.717, 1.165) is 29.4 Å². The quantitative estimate of drug-likeness (QED) is 0.313. The maximum atomic E-state index is 13.1. The highest BCUT2D eigenvalue weighted by Crippen LogP contribution is 2.33. The van der Waals surface area contributed by atoms with Gasteiger partial charge in [0.1, 0.15) is 13.2 Å². The van der Waals surface area contributed by atoms with E-state index in [-0.39, 0.29) is 5.56 Å². The zero-order chi connectivity index (χ0) is 25.8. The van der Waals surface area contributed by atoms with Gasteiger partial charge < -0.3 is 24.7 Å². The Labute approximate surface area is 222 Å². The molecule has 0 spiro atoms. The lowest BCUT2D eigenvalue weighted by Gasteiger charge is -2.27. The van der Waals surface area contributed by atoms with Crippen LogP contribution in [0.25, 0.3) is 10.9 Å². The lowest BCUT2D eigenvalue weighted by molar-refractivity contribution is 0.172. The van der Waals surface area contributed by atoms with E-state index < -0.39 is 0 Å². The summed E-state index contributed by atoms with van der Waals surface area (Å²) < 4.78 is 11.4. The van der Waals surface area contributed by atoms with Gasteiger partial charge in [-0.3, -0.25) is 4.79 Å². The van der Waals surface area contributed by atoms with Gasteiger partial charge >= 0.3 is 0 Å². The molecule has 0 saturated heterocycles. The molecule has 0 unspecified atom stereocenters. The molecule has 0 bridgehead atoms. The van der Waals surface area contributed by atoms with Gasteiger partial charge in [-0.1, -0.05) is 49.4 Å². The number of pyridine rings is 1. The number of rotatable bonds is 7. The zero-order valence-corrected chi connectivity index (χ0v) is 22.0. The van der Waals surface area contributed by atoms with Crippen LogP contribution < -0.4 is 20.3 Å². The number of benzene rings is 3. The molecule has 0 fully saturated rings.